The van der Waals surface area contributed by atoms with Gasteiger partial charge in [0.2, 0.25) is 5.91 Å². The Hall–Kier alpha value is -2.41. The van der Waals surface area contributed by atoms with E-state index in [0.717, 1.165) is 36.2 Å². The zero-order valence-electron chi connectivity index (χ0n) is 16.1. The van der Waals surface area contributed by atoms with E-state index in [0.29, 0.717) is 39.0 Å². The van der Waals surface area contributed by atoms with E-state index in [-0.39, 0.29) is 11.7 Å². The maximum Gasteiger partial charge on any atom is 0.416 e. The van der Waals surface area contributed by atoms with Gasteiger partial charge in [-0.15, -0.1) is 0 Å². The SMILES string of the molecule is O=C(CCc1ccc(F)cc1)N1CCCN(Cc2ccc(C(F)(F)F)cc2)CC1. The standard InChI is InChI=1S/C22H24F4N2O/c23-20-9-4-17(5-10-20)6-11-21(29)28-13-1-12-27(14-15-28)16-18-2-7-19(8-3-18)22(24,25)26/h2-5,7-10H,1,6,11-16H2. The number of carbonyl (C=O) groups excluding carboxylic acids is 1. The van der Waals surface area contributed by atoms with Gasteiger partial charge in [0.05, 0.1) is 5.56 Å². The number of carbonyl (C=O) groups is 1. The van der Waals surface area contributed by atoms with E-state index >= 15 is 0 Å². The fourth-order valence-electron chi connectivity index (χ4n) is 3.50. The Morgan fingerprint density at radius 2 is 1.52 bits per heavy atom. The molecule has 0 aromatic heterocycles. The van der Waals surface area contributed by atoms with Crippen molar-refractivity contribution in [3.05, 3.63) is 71.0 Å². The number of hydrogen-bond acceptors (Lipinski definition) is 2. The van der Waals surface area contributed by atoms with Crippen molar-refractivity contribution in [3.8, 4) is 0 Å². The molecule has 0 aliphatic carbocycles. The molecule has 0 radical (unpaired) electrons. The van der Waals surface area contributed by atoms with E-state index in [1.54, 1.807) is 12.1 Å². The van der Waals surface area contributed by atoms with Crippen LogP contribution in [0.15, 0.2) is 48.5 Å². The molecule has 0 atom stereocenters. The molecule has 156 valence electrons. The molecule has 2 aromatic rings. The van der Waals surface area contributed by atoms with Crippen molar-refractivity contribution in [1.82, 2.24) is 9.80 Å². The molecule has 1 saturated heterocycles. The van der Waals surface area contributed by atoms with E-state index in [4.69, 9.17) is 0 Å². The number of benzene rings is 2. The first-order valence-corrected chi connectivity index (χ1v) is 9.72. The van der Waals surface area contributed by atoms with Gasteiger partial charge in [-0.05, 0) is 48.2 Å². The molecule has 1 heterocycles. The molecule has 1 aliphatic rings. The van der Waals surface area contributed by atoms with Crippen LogP contribution in [0.25, 0.3) is 0 Å². The summed E-state index contributed by atoms with van der Waals surface area (Å²) in [7, 11) is 0. The number of halogens is 4. The zero-order valence-corrected chi connectivity index (χ0v) is 16.1. The molecule has 3 nitrogen and oxygen atoms in total. The van der Waals surface area contributed by atoms with Crippen molar-refractivity contribution >= 4 is 5.91 Å². The van der Waals surface area contributed by atoms with Crippen molar-refractivity contribution in [3.63, 3.8) is 0 Å². The molecule has 0 spiro atoms. The Morgan fingerprint density at radius 3 is 2.17 bits per heavy atom. The molecular weight excluding hydrogens is 384 g/mol. The van der Waals surface area contributed by atoms with Crippen LogP contribution in [-0.4, -0.2) is 41.9 Å². The minimum atomic E-state index is -4.32. The lowest BCUT2D eigenvalue weighted by atomic mass is 10.1. The smallest absolute Gasteiger partial charge is 0.341 e. The second-order valence-electron chi connectivity index (χ2n) is 7.33. The van der Waals surface area contributed by atoms with E-state index in [1.165, 1.54) is 24.3 Å². The molecule has 1 aliphatic heterocycles. The van der Waals surface area contributed by atoms with Crippen LogP contribution in [0.2, 0.25) is 0 Å². The van der Waals surface area contributed by atoms with Crippen molar-refractivity contribution < 1.29 is 22.4 Å². The molecule has 7 heteroatoms. The van der Waals surface area contributed by atoms with Crippen LogP contribution in [0.5, 0.6) is 0 Å². The van der Waals surface area contributed by atoms with Gasteiger partial charge in [-0.3, -0.25) is 9.69 Å². The van der Waals surface area contributed by atoms with Crippen molar-refractivity contribution in [2.45, 2.75) is 32.0 Å². The minimum absolute atomic E-state index is 0.0747. The van der Waals surface area contributed by atoms with Crippen LogP contribution in [-0.2, 0) is 23.9 Å². The van der Waals surface area contributed by atoms with Crippen LogP contribution in [0, 0.1) is 5.82 Å². The molecule has 0 bridgehead atoms. The number of nitrogens with zero attached hydrogens (tertiary/aromatic N) is 2. The lowest BCUT2D eigenvalue weighted by Crippen LogP contribution is -2.35. The van der Waals surface area contributed by atoms with Gasteiger partial charge in [-0.2, -0.15) is 13.2 Å². The first-order valence-electron chi connectivity index (χ1n) is 9.72. The summed E-state index contributed by atoms with van der Waals surface area (Å²) in [4.78, 5) is 16.5. The summed E-state index contributed by atoms with van der Waals surface area (Å²) in [6.07, 6.45) is -2.55. The summed E-state index contributed by atoms with van der Waals surface area (Å²) < 4.78 is 51.0. The molecule has 1 amide bonds. The van der Waals surface area contributed by atoms with E-state index < -0.39 is 11.7 Å². The van der Waals surface area contributed by atoms with Crippen LogP contribution >= 0.6 is 0 Å². The summed E-state index contributed by atoms with van der Waals surface area (Å²) in [6, 6.07) is 11.4. The Bertz CT molecular complexity index is 803. The second-order valence-corrected chi connectivity index (χ2v) is 7.33. The maximum absolute atomic E-state index is 13.0. The predicted octanol–water partition coefficient (Wildman–Crippen LogP) is 4.51. The number of alkyl halides is 3. The predicted molar refractivity (Wildman–Crippen MR) is 103 cm³/mol. The van der Waals surface area contributed by atoms with Gasteiger partial charge in [-0.1, -0.05) is 24.3 Å². The third kappa shape index (κ3) is 6.29. The molecule has 2 aromatic carbocycles. The Morgan fingerprint density at radius 1 is 0.862 bits per heavy atom. The van der Waals surface area contributed by atoms with E-state index in [1.807, 2.05) is 4.90 Å². The fraction of sp³-hybridized carbons (Fsp3) is 0.409. The third-order valence-electron chi connectivity index (χ3n) is 5.17. The van der Waals surface area contributed by atoms with Crippen LogP contribution in [0.4, 0.5) is 17.6 Å². The normalized spacial score (nSPS) is 15.9. The highest BCUT2D eigenvalue weighted by Crippen LogP contribution is 2.29. The fourth-order valence-corrected chi connectivity index (χ4v) is 3.50. The van der Waals surface area contributed by atoms with Gasteiger partial charge in [0, 0.05) is 39.1 Å². The Labute approximate surface area is 167 Å². The average molecular weight is 408 g/mol. The van der Waals surface area contributed by atoms with Crippen molar-refractivity contribution in [1.29, 1.82) is 0 Å². The molecule has 3 rings (SSSR count). The first-order chi connectivity index (χ1) is 13.8. The topological polar surface area (TPSA) is 23.6 Å². The first kappa shape index (κ1) is 21.3. The second kappa shape index (κ2) is 9.39. The van der Waals surface area contributed by atoms with Gasteiger partial charge >= 0.3 is 6.18 Å². The van der Waals surface area contributed by atoms with Crippen LogP contribution in [0.3, 0.4) is 0 Å². The van der Waals surface area contributed by atoms with Crippen molar-refractivity contribution in [2.75, 3.05) is 26.2 Å². The van der Waals surface area contributed by atoms with Gasteiger partial charge < -0.3 is 4.90 Å². The highest BCUT2D eigenvalue weighted by atomic mass is 19.4. The third-order valence-corrected chi connectivity index (χ3v) is 5.17. The maximum atomic E-state index is 13.0. The summed E-state index contributed by atoms with van der Waals surface area (Å²) >= 11 is 0. The van der Waals surface area contributed by atoms with Gasteiger partial charge in [-0.25, -0.2) is 4.39 Å². The number of aryl methyl sites for hydroxylation is 1. The molecule has 0 saturated carbocycles. The van der Waals surface area contributed by atoms with Crippen LogP contribution in [0.1, 0.15) is 29.5 Å². The lowest BCUT2D eigenvalue weighted by Gasteiger charge is -2.22. The molecule has 29 heavy (non-hydrogen) atoms. The molecular formula is C22H24F4N2O. The number of amides is 1. The summed E-state index contributed by atoms with van der Waals surface area (Å²) in [5, 5.41) is 0. The van der Waals surface area contributed by atoms with E-state index in [2.05, 4.69) is 4.90 Å². The molecule has 0 unspecified atom stereocenters. The quantitative estimate of drug-likeness (QED) is 0.680. The van der Waals surface area contributed by atoms with E-state index in [9.17, 15) is 22.4 Å². The van der Waals surface area contributed by atoms with Gasteiger partial charge in [0.25, 0.3) is 0 Å². The largest absolute Gasteiger partial charge is 0.416 e. The van der Waals surface area contributed by atoms with Crippen molar-refractivity contribution in [2.24, 2.45) is 0 Å². The molecule has 0 N–H and O–H groups in total. The minimum Gasteiger partial charge on any atom is -0.341 e. The highest BCUT2D eigenvalue weighted by molar-refractivity contribution is 5.76. The molecule has 1 fully saturated rings. The Kier molecular flexibility index (Phi) is 6.90. The summed E-state index contributed by atoms with van der Waals surface area (Å²) in [6.45, 7) is 3.32. The number of hydrogen-bond donors (Lipinski definition) is 0. The highest BCUT2D eigenvalue weighted by Gasteiger charge is 2.30. The van der Waals surface area contributed by atoms with Crippen LogP contribution < -0.4 is 0 Å². The lowest BCUT2D eigenvalue weighted by molar-refractivity contribution is -0.137. The summed E-state index contributed by atoms with van der Waals surface area (Å²) in [5.41, 5.74) is 1.11. The monoisotopic (exact) mass is 408 g/mol. The average Bonchev–Trinajstić information content (AvgIpc) is 2.93. The van der Waals surface area contributed by atoms with Gasteiger partial charge in [0.15, 0.2) is 0 Å². The number of rotatable bonds is 5. The van der Waals surface area contributed by atoms with Gasteiger partial charge in [0.1, 0.15) is 5.82 Å². The Balaban J connectivity index is 1.48. The zero-order chi connectivity index (χ0) is 20.9. The summed E-state index contributed by atoms with van der Waals surface area (Å²) in [5.74, 6) is -0.216.